The first-order valence-corrected chi connectivity index (χ1v) is 9.00. The number of pyridine rings is 2. The SMILES string of the molecule is CCn1ccc2c([C@](O)(c3ccc(C(F)(F)F)nc3)C3CC3)n(C)nc2c1=O. The van der Waals surface area contributed by atoms with Crippen LogP contribution in [0.4, 0.5) is 13.2 Å². The van der Waals surface area contributed by atoms with Gasteiger partial charge in [0.15, 0.2) is 5.52 Å². The standard InChI is InChI=1S/C19H19F3N4O2/c1-3-26-9-8-13-15(17(26)27)24-25(2)16(13)18(28,11-4-5-11)12-6-7-14(23-10-12)19(20,21)22/h6-11,28H,3-5H2,1-2H3/t18-/m1/s1. The van der Waals surface area contributed by atoms with Crippen LogP contribution in [0.5, 0.6) is 0 Å². The van der Waals surface area contributed by atoms with Gasteiger partial charge >= 0.3 is 6.18 Å². The second-order valence-corrected chi connectivity index (χ2v) is 7.11. The minimum atomic E-state index is -4.55. The summed E-state index contributed by atoms with van der Waals surface area (Å²) in [4.78, 5) is 16.1. The van der Waals surface area contributed by atoms with Gasteiger partial charge in [-0.2, -0.15) is 18.3 Å². The molecule has 0 radical (unpaired) electrons. The average Bonchev–Trinajstić information content (AvgIpc) is 3.44. The molecule has 148 valence electrons. The van der Waals surface area contributed by atoms with Crippen molar-refractivity contribution in [3.8, 4) is 0 Å². The van der Waals surface area contributed by atoms with Gasteiger partial charge in [0.2, 0.25) is 0 Å². The number of alkyl halides is 3. The molecule has 1 atom stereocenters. The molecule has 3 aromatic heterocycles. The van der Waals surface area contributed by atoms with E-state index in [0.29, 0.717) is 17.6 Å². The Morgan fingerprint density at radius 2 is 1.96 bits per heavy atom. The van der Waals surface area contributed by atoms with E-state index in [-0.39, 0.29) is 22.6 Å². The van der Waals surface area contributed by atoms with Crippen LogP contribution in [-0.4, -0.2) is 24.4 Å². The molecule has 0 aliphatic heterocycles. The summed E-state index contributed by atoms with van der Waals surface area (Å²) < 4.78 is 41.6. The summed E-state index contributed by atoms with van der Waals surface area (Å²) in [6, 6.07) is 3.83. The van der Waals surface area contributed by atoms with Crippen LogP contribution < -0.4 is 5.56 Å². The van der Waals surface area contributed by atoms with Gasteiger partial charge in [-0.3, -0.25) is 14.5 Å². The van der Waals surface area contributed by atoms with E-state index in [4.69, 9.17) is 0 Å². The minimum Gasteiger partial charge on any atom is -0.378 e. The van der Waals surface area contributed by atoms with Gasteiger partial charge in [-0.1, -0.05) is 6.07 Å². The molecule has 0 aromatic carbocycles. The fourth-order valence-corrected chi connectivity index (χ4v) is 3.78. The van der Waals surface area contributed by atoms with Crippen LogP contribution in [0.15, 0.2) is 35.4 Å². The maximum Gasteiger partial charge on any atom is 0.433 e. The first kappa shape index (κ1) is 18.7. The van der Waals surface area contributed by atoms with Crippen LogP contribution >= 0.6 is 0 Å². The van der Waals surface area contributed by atoms with Crippen molar-refractivity contribution in [1.29, 1.82) is 0 Å². The van der Waals surface area contributed by atoms with Crippen molar-refractivity contribution in [2.24, 2.45) is 13.0 Å². The number of rotatable bonds is 4. The summed E-state index contributed by atoms with van der Waals surface area (Å²) in [6.45, 7) is 2.32. The quantitative estimate of drug-likeness (QED) is 0.741. The van der Waals surface area contributed by atoms with E-state index in [1.165, 1.54) is 15.3 Å². The van der Waals surface area contributed by atoms with Crippen LogP contribution in [0, 0.1) is 5.92 Å². The molecule has 0 saturated heterocycles. The van der Waals surface area contributed by atoms with Gasteiger partial charge in [0.1, 0.15) is 11.3 Å². The molecule has 28 heavy (non-hydrogen) atoms. The fraction of sp³-hybridized carbons (Fsp3) is 0.421. The van der Waals surface area contributed by atoms with Crippen LogP contribution in [0.2, 0.25) is 0 Å². The Hall–Kier alpha value is -2.68. The molecule has 1 saturated carbocycles. The summed E-state index contributed by atoms with van der Waals surface area (Å²) in [6.07, 6.45) is -0.422. The minimum absolute atomic E-state index is 0.182. The van der Waals surface area contributed by atoms with Crippen molar-refractivity contribution in [2.45, 2.75) is 38.1 Å². The monoisotopic (exact) mass is 392 g/mol. The summed E-state index contributed by atoms with van der Waals surface area (Å²) >= 11 is 0. The number of aliphatic hydroxyl groups is 1. The van der Waals surface area contributed by atoms with Crippen molar-refractivity contribution in [1.82, 2.24) is 19.3 Å². The molecule has 3 aromatic rings. The zero-order valence-electron chi connectivity index (χ0n) is 15.4. The lowest BCUT2D eigenvalue weighted by Crippen LogP contribution is -2.33. The zero-order valence-corrected chi connectivity index (χ0v) is 15.4. The topological polar surface area (TPSA) is 72.9 Å². The highest BCUT2D eigenvalue weighted by Crippen LogP contribution is 2.50. The smallest absolute Gasteiger partial charge is 0.378 e. The molecule has 1 aliphatic rings. The van der Waals surface area contributed by atoms with Gasteiger partial charge in [0.05, 0.1) is 5.69 Å². The number of aryl methyl sites for hydroxylation is 2. The van der Waals surface area contributed by atoms with Gasteiger partial charge < -0.3 is 9.67 Å². The van der Waals surface area contributed by atoms with E-state index in [9.17, 15) is 23.1 Å². The maximum atomic E-state index is 12.9. The number of fused-ring (bicyclic) bond motifs is 1. The lowest BCUT2D eigenvalue weighted by molar-refractivity contribution is -0.141. The van der Waals surface area contributed by atoms with E-state index in [1.54, 1.807) is 19.3 Å². The predicted molar refractivity (Wildman–Crippen MR) is 95.6 cm³/mol. The molecule has 0 spiro atoms. The summed E-state index contributed by atoms with van der Waals surface area (Å²) in [5.74, 6) is -0.182. The van der Waals surface area contributed by atoms with Gasteiger partial charge in [0, 0.05) is 36.9 Å². The van der Waals surface area contributed by atoms with Crippen molar-refractivity contribution < 1.29 is 18.3 Å². The zero-order chi connectivity index (χ0) is 20.3. The third kappa shape index (κ3) is 2.72. The van der Waals surface area contributed by atoms with E-state index in [0.717, 1.165) is 25.1 Å². The molecule has 4 rings (SSSR count). The molecule has 0 bridgehead atoms. The summed E-state index contributed by atoms with van der Waals surface area (Å²) in [5.41, 5.74) is -1.99. The van der Waals surface area contributed by atoms with Crippen molar-refractivity contribution >= 4 is 10.9 Å². The Bertz CT molecular complexity index is 1100. The second-order valence-electron chi connectivity index (χ2n) is 7.11. The highest BCUT2D eigenvalue weighted by atomic mass is 19.4. The number of hydrogen-bond acceptors (Lipinski definition) is 4. The lowest BCUT2D eigenvalue weighted by atomic mass is 9.85. The van der Waals surface area contributed by atoms with Crippen LogP contribution in [0.25, 0.3) is 10.9 Å². The third-order valence-electron chi connectivity index (χ3n) is 5.33. The van der Waals surface area contributed by atoms with Crippen LogP contribution in [0.3, 0.4) is 0 Å². The number of halogens is 3. The lowest BCUT2D eigenvalue weighted by Gasteiger charge is -2.29. The van der Waals surface area contributed by atoms with Gasteiger partial charge in [-0.05, 0) is 37.8 Å². The number of hydrogen-bond donors (Lipinski definition) is 1. The summed E-state index contributed by atoms with van der Waals surface area (Å²) in [7, 11) is 1.62. The first-order valence-electron chi connectivity index (χ1n) is 9.00. The molecule has 0 unspecified atom stereocenters. The Morgan fingerprint density at radius 3 is 2.50 bits per heavy atom. The molecule has 1 aliphatic carbocycles. The van der Waals surface area contributed by atoms with Crippen molar-refractivity contribution in [2.75, 3.05) is 0 Å². The Balaban J connectivity index is 1.93. The predicted octanol–water partition coefficient (Wildman–Crippen LogP) is 2.81. The van der Waals surface area contributed by atoms with Gasteiger partial charge in [-0.25, -0.2) is 0 Å². The normalized spacial score (nSPS) is 17.1. The third-order valence-corrected chi connectivity index (χ3v) is 5.33. The Morgan fingerprint density at radius 1 is 1.25 bits per heavy atom. The first-order chi connectivity index (χ1) is 13.2. The van der Waals surface area contributed by atoms with Crippen LogP contribution in [-0.2, 0) is 25.4 Å². The molecule has 1 N–H and O–H groups in total. The Labute approximate surface area is 158 Å². The van der Waals surface area contributed by atoms with E-state index in [2.05, 4.69) is 10.1 Å². The average molecular weight is 392 g/mol. The van der Waals surface area contributed by atoms with Crippen LogP contribution in [0.1, 0.15) is 36.7 Å². The van der Waals surface area contributed by atoms with E-state index >= 15 is 0 Å². The highest BCUT2D eigenvalue weighted by molar-refractivity contribution is 5.82. The maximum absolute atomic E-state index is 12.9. The second kappa shape index (κ2) is 6.16. The van der Waals surface area contributed by atoms with Gasteiger partial charge in [0.25, 0.3) is 5.56 Å². The molecule has 0 amide bonds. The largest absolute Gasteiger partial charge is 0.433 e. The van der Waals surface area contributed by atoms with Crippen molar-refractivity contribution in [3.63, 3.8) is 0 Å². The van der Waals surface area contributed by atoms with E-state index in [1.807, 2.05) is 6.92 Å². The summed E-state index contributed by atoms with van der Waals surface area (Å²) in [5, 5.41) is 16.5. The molecule has 3 heterocycles. The molecule has 9 heteroatoms. The molecule has 1 fully saturated rings. The highest BCUT2D eigenvalue weighted by Gasteiger charge is 2.50. The van der Waals surface area contributed by atoms with Crippen molar-refractivity contribution in [3.05, 3.63) is 57.9 Å². The number of nitrogens with zero attached hydrogens (tertiary/aromatic N) is 4. The van der Waals surface area contributed by atoms with Gasteiger partial charge in [-0.15, -0.1) is 0 Å². The molecular formula is C19H19F3N4O2. The number of aromatic nitrogens is 4. The molecular weight excluding hydrogens is 373 g/mol. The fourth-order valence-electron chi connectivity index (χ4n) is 3.78. The Kier molecular flexibility index (Phi) is 4.11. The molecule has 6 nitrogen and oxygen atoms in total. The van der Waals surface area contributed by atoms with E-state index < -0.39 is 17.5 Å².